The molecule has 5 nitrogen and oxygen atoms in total. The number of imide groups is 1. The highest BCUT2D eigenvalue weighted by molar-refractivity contribution is 6.45. The van der Waals surface area contributed by atoms with Gasteiger partial charge in [-0.15, -0.1) is 0 Å². The largest absolute Gasteiger partial charge is 0.372 e. The number of piperidine rings is 1. The highest BCUT2D eigenvalue weighted by Crippen LogP contribution is 2.37. The van der Waals surface area contributed by atoms with Crippen LogP contribution in [0.15, 0.2) is 60.3 Å². The van der Waals surface area contributed by atoms with Gasteiger partial charge in [-0.25, -0.2) is 4.90 Å². The molecule has 2 saturated heterocycles. The minimum absolute atomic E-state index is 0.202. The summed E-state index contributed by atoms with van der Waals surface area (Å²) in [6.07, 6.45) is 4.51. The summed E-state index contributed by atoms with van der Waals surface area (Å²) in [7, 11) is 0. The normalized spacial score (nSPS) is 20.4. The second-order valence-electron chi connectivity index (χ2n) is 8.92. The van der Waals surface area contributed by atoms with Crippen molar-refractivity contribution in [1.82, 2.24) is 4.90 Å². The van der Waals surface area contributed by atoms with Crippen LogP contribution >= 0.6 is 0 Å². The zero-order valence-electron chi connectivity index (χ0n) is 18.1. The van der Waals surface area contributed by atoms with Gasteiger partial charge in [0.15, 0.2) is 0 Å². The van der Waals surface area contributed by atoms with Crippen molar-refractivity contribution in [2.45, 2.75) is 32.6 Å². The molecule has 2 aromatic rings. The van der Waals surface area contributed by atoms with Gasteiger partial charge in [-0.3, -0.25) is 9.59 Å². The lowest BCUT2D eigenvalue weighted by Gasteiger charge is -2.32. The molecule has 160 valence electrons. The van der Waals surface area contributed by atoms with E-state index in [0.29, 0.717) is 22.9 Å². The topological polar surface area (TPSA) is 43.9 Å². The molecule has 5 heteroatoms. The summed E-state index contributed by atoms with van der Waals surface area (Å²) in [5, 5.41) is 0. The van der Waals surface area contributed by atoms with E-state index < -0.39 is 0 Å². The van der Waals surface area contributed by atoms with Crippen molar-refractivity contribution < 1.29 is 9.59 Å². The number of likely N-dealkylation sites (tertiary alicyclic amines) is 1. The van der Waals surface area contributed by atoms with E-state index in [0.717, 1.165) is 50.3 Å². The maximum Gasteiger partial charge on any atom is 0.282 e. The summed E-state index contributed by atoms with van der Waals surface area (Å²) in [6.45, 7) is 6.01. The maximum absolute atomic E-state index is 13.6. The van der Waals surface area contributed by atoms with Crippen LogP contribution in [0, 0.1) is 5.92 Å². The summed E-state index contributed by atoms with van der Waals surface area (Å²) >= 11 is 0. The van der Waals surface area contributed by atoms with Gasteiger partial charge >= 0.3 is 0 Å². The number of carbonyl (C=O) groups excluding carboxylic acids is 2. The Morgan fingerprint density at radius 1 is 0.710 bits per heavy atom. The molecule has 31 heavy (non-hydrogen) atoms. The molecule has 3 heterocycles. The summed E-state index contributed by atoms with van der Waals surface area (Å²) in [6, 6.07) is 17.5. The molecule has 0 unspecified atom stereocenters. The van der Waals surface area contributed by atoms with Crippen LogP contribution in [0.5, 0.6) is 0 Å². The molecule has 5 rings (SSSR count). The molecule has 3 aliphatic heterocycles. The second kappa shape index (κ2) is 8.22. The molecule has 2 aromatic carbocycles. The van der Waals surface area contributed by atoms with Crippen LogP contribution in [0.25, 0.3) is 5.57 Å². The minimum Gasteiger partial charge on any atom is -0.372 e. The van der Waals surface area contributed by atoms with E-state index in [1.165, 1.54) is 17.7 Å². The van der Waals surface area contributed by atoms with E-state index in [-0.39, 0.29) is 11.8 Å². The van der Waals surface area contributed by atoms with Gasteiger partial charge < -0.3 is 9.80 Å². The monoisotopic (exact) mass is 415 g/mol. The lowest BCUT2D eigenvalue weighted by Crippen LogP contribution is -2.38. The van der Waals surface area contributed by atoms with Crippen LogP contribution in [-0.4, -0.2) is 42.9 Å². The summed E-state index contributed by atoms with van der Waals surface area (Å²) in [4.78, 5) is 33.0. The van der Waals surface area contributed by atoms with E-state index in [1.807, 2.05) is 54.6 Å². The van der Waals surface area contributed by atoms with Gasteiger partial charge in [0, 0.05) is 31.9 Å². The van der Waals surface area contributed by atoms with Crippen LogP contribution in [0.1, 0.15) is 38.2 Å². The first-order valence-corrected chi connectivity index (χ1v) is 11.4. The molecule has 0 N–H and O–H groups in total. The van der Waals surface area contributed by atoms with Crippen LogP contribution in [0.4, 0.5) is 11.4 Å². The Morgan fingerprint density at radius 2 is 1.32 bits per heavy atom. The average Bonchev–Trinajstić information content (AvgIpc) is 3.42. The number of carbonyl (C=O) groups is 2. The van der Waals surface area contributed by atoms with E-state index in [9.17, 15) is 9.59 Å². The first-order valence-electron chi connectivity index (χ1n) is 11.4. The third-order valence-corrected chi connectivity index (χ3v) is 6.80. The molecule has 2 amide bonds. The van der Waals surface area contributed by atoms with Crippen molar-refractivity contribution >= 4 is 28.8 Å². The lowest BCUT2D eigenvalue weighted by atomic mass is 9.97. The van der Waals surface area contributed by atoms with Gasteiger partial charge in [0.2, 0.25) is 0 Å². The third kappa shape index (κ3) is 3.62. The van der Waals surface area contributed by atoms with Gasteiger partial charge in [0.25, 0.3) is 11.8 Å². The molecule has 0 atom stereocenters. The fourth-order valence-corrected chi connectivity index (χ4v) is 4.93. The van der Waals surface area contributed by atoms with Crippen molar-refractivity contribution in [3.63, 3.8) is 0 Å². The standard InChI is InChI=1S/C26H29N3O2/c1-19-13-17-28(18-14-19)24-23(20-7-3-2-4-8-20)25(30)29(26(24)31)22-11-9-21(10-12-22)27-15-5-6-16-27/h2-4,7-12,19H,5-6,13-18H2,1H3. The second-order valence-corrected chi connectivity index (χ2v) is 8.92. The molecule has 0 radical (unpaired) electrons. The molecule has 0 aromatic heterocycles. The Bertz CT molecular complexity index is 999. The minimum atomic E-state index is -0.223. The van der Waals surface area contributed by atoms with E-state index in [1.54, 1.807) is 0 Å². The number of nitrogens with zero attached hydrogens (tertiary/aromatic N) is 3. The predicted octanol–water partition coefficient (Wildman–Crippen LogP) is 4.30. The molecule has 3 aliphatic rings. The Kier molecular flexibility index (Phi) is 5.26. The molecular weight excluding hydrogens is 386 g/mol. The van der Waals surface area contributed by atoms with E-state index in [4.69, 9.17) is 0 Å². The molecular formula is C26H29N3O2. The first kappa shape index (κ1) is 19.9. The number of hydrogen-bond acceptors (Lipinski definition) is 4. The number of anilines is 2. The van der Waals surface area contributed by atoms with Crippen molar-refractivity contribution in [3.05, 3.63) is 65.9 Å². The Morgan fingerprint density at radius 3 is 1.97 bits per heavy atom. The fourth-order valence-electron chi connectivity index (χ4n) is 4.93. The summed E-state index contributed by atoms with van der Waals surface area (Å²) in [5.74, 6) is 0.226. The van der Waals surface area contributed by atoms with Crippen LogP contribution in [-0.2, 0) is 9.59 Å². The molecule has 0 bridgehead atoms. The maximum atomic E-state index is 13.6. The Hall–Kier alpha value is -3.08. The van der Waals surface area contributed by atoms with Gasteiger partial charge in [-0.1, -0.05) is 37.3 Å². The van der Waals surface area contributed by atoms with Crippen molar-refractivity contribution in [1.29, 1.82) is 0 Å². The highest BCUT2D eigenvalue weighted by atomic mass is 16.2. The molecule has 2 fully saturated rings. The van der Waals surface area contributed by atoms with Gasteiger partial charge in [-0.2, -0.15) is 0 Å². The number of benzene rings is 2. The quantitative estimate of drug-likeness (QED) is 0.699. The number of amides is 2. The SMILES string of the molecule is CC1CCN(C2=C(c3ccccc3)C(=O)N(c3ccc(N4CCCC4)cc3)C2=O)CC1. The summed E-state index contributed by atoms with van der Waals surface area (Å²) in [5.41, 5.74) is 3.70. The lowest BCUT2D eigenvalue weighted by molar-refractivity contribution is -0.120. The average molecular weight is 416 g/mol. The fraction of sp³-hybridized carbons (Fsp3) is 0.385. The molecule has 0 saturated carbocycles. The zero-order valence-corrected chi connectivity index (χ0v) is 18.1. The van der Waals surface area contributed by atoms with E-state index in [2.05, 4.69) is 16.7 Å². The van der Waals surface area contributed by atoms with E-state index >= 15 is 0 Å². The first-order chi connectivity index (χ1) is 15.1. The van der Waals surface area contributed by atoms with Gasteiger partial charge in [0.1, 0.15) is 5.70 Å². The molecule has 0 spiro atoms. The predicted molar refractivity (Wildman–Crippen MR) is 124 cm³/mol. The smallest absolute Gasteiger partial charge is 0.282 e. The summed E-state index contributed by atoms with van der Waals surface area (Å²) < 4.78 is 0. The Labute approximate surface area is 183 Å². The van der Waals surface area contributed by atoms with Gasteiger partial charge in [0.05, 0.1) is 11.3 Å². The number of hydrogen-bond donors (Lipinski definition) is 0. The van der Waals surface area contributed by atoms with Crippen molar-refractivity contribution in [2.24, 2.45) is 5.92 Å². The highest BCUT2D eigenvalue weighted by Gasteiger charge is 2.42. The third-order valence-electron chi connectivity index (χ3n) is 6.80. The molecule has 0 aliphatic carbocycles. The van der Waals surface area contributed by atoms with Gasteiger partial charge in [-0.05, 0) is 61.4 Å². The van der Waals surface area contributed by atoms with Crippen LogP contribution < -0.4 is 9.80 Å². The van der Waals surface area contributed by atoms with Crippen LogP contribution in [0.2, 0.25) is 0 Å². The number of rotatable bonds is 4. The van der Waals surface area contributed by atoms with Crippen molar-refractivity contribution in [2.75, 3.05) is 36.0 Å². The van der Waals surface area contributed by atoms with Crippen LogP contribution in [0.3, 0.4) is 0 Å². The van der Waals surface area contributed by atoms with Crippen molar-refractivity contribution in [3.8, 4) is 0 Å². The zero-order chi connectivity index (χ0) is 21.4. The Balaban J connectivity index is 1.50.